The molecule has 0 bridgehead atoms. The molecule has 0 atom stereocenters. The molecule has 0 aliphatic rings. The zero-order chi connectivity index (χ0) is 17.4. The molecule has 5 nitrogen and oxygen atoms in total. The van der Waals surface area contributed by atoms with Gasteiger partial charge in [-0.2, -0.15) is 0 Å². The molecule has 2 amide bonds. The van der Waals surface area contributed by atoms with Crippen molar-refractivity contribution in [2.24, 2.45) is 0 Å². The first kappa shape index (κ1) is 17.9. The van der Waals surface area contributed by atoms with Crippen LogP contribution in [0.1, 0.15) is 0 Å². The second-order valence-electron chi connectivity index (χ2n) is 5.40. The number of nitrogens with zero attached hydrogens (tertiary/aromatic N) is 1. The SMILES string of the molecule is CN(C)c1ccc(NC(=O)CSCC(=O)Nc2ccccc2)cc1. The van der Waals surface area contributed by atoms with Gasteiger partial charge in [-0.3, -0.25) is 9.59 Å². The predicted molar refractivity (Wildman–Crippen MR) is 102 cm³/mol. The summed E-state index contributed by atoms with van der Waals surface area (Å²) >= 11 is 1.28. The van der Waals surface area contributed by atoms with Crippen LogP contribution in [0, 0.1) is 0 Å². The van der Waals surface area contributed by atoms with Crippen molar-refractivity contribution in [2.45, 2.75) is 0 Å². The summed E-state index contributed by atoms with van der Waals surface area (Å²) in [6, 6.07) is 16.9. The van der Waals surface area contributed by atoms with E-state index in [-0.39, 0.29) is 23.3 Å². The molecule has 0 radical (unpaired) electrons. The Kier molecular flexibility index (Phi) is 6.69. The molecule has 0 unspecified atom stereocenters. The van der Waals surface area contributed by atoms with Crippen LogP contribution < -0.4 is 15.5 Å². The zero-order valence-electron chi connectivity index (χ0n) is 13.8. The fourth-order valence-corrected chi connectivity index (χ4v) is 2.61. The van der Waals surface area contributed by atoms with Gasteiger partial charge in [-0.05, 0) is 36.4 Å². The van der Waals surface area contributed by atoms with Gasteiger partial charge in [-0.25, -0.2) is 0 Å². The van der Waals surface area contributed by atoms with Crippen molar-refractivity contribution < 1.29 is 9.59 Å². The molecular weight excluding hydrogens is 322 g/mol. The van der Waals surface area contributed by atoms with Crippen molar-refractivity contribution in [1.29, 1.82) is 0 Å². The highest BCUT2D eigenvalue weighted by molar-refractivity contribution is 8.00. The Balaban J connectivity index is 1.70. The number of anilines is 3. The second-order valence-corrected chi connectivity index (χ2v) is 6.38. The van der Waals surface area contributed by atoms with Gasteiger partial charge in [-0.1, -0.05) is 18.2 Å². The Bertz CT molecular complexity index is 672. The smallest absolute Gasteiger partial charge is 0.234 e. The number of para-hydroxylation sites is 1. The van der Waals surface area contributed by atoms with Gasteiger partial charge in [0.05, 0.1) is 11.5 Å². The molecule has 0 fully saturated rings. The summed E-state index contributed by atoms with van der Waals surface area (Å²) < 4.78 is 0. The lowest BCUT2D eigenvalue weighted by Crippen LogP contribution is -2.18. The summed E-state index contributed by atoms with van der Waals surface area (Å²) in [6.45, 7) is 0. The van der Waals surface area contributed by atoms with E-state index >= 15 is 0 Å². The second kappa shape index (κ2) is 8.98. The van der Waals surface area contributed by atoms with E-state index in [4.69, 9.17) is 0 Å². The number of carbonyl (C=O) groups excluding carboxylic acids is 2. The molecule has 2 aromatic rings. The third-order valence-corrected chi connectivity index (χ3v) is 4.12. The standard InChI is InChI=1S/C18H21N3O2S/c1-21(2)16-10-8-15(9-11-16)20-18(23)13-24-12-17(22)19-14-6-4-3-5-7-14/h3-11H,12-13H2,1-2H3,(H,19,22)(H,20,23). The first-order valence-electron chi connectivity index (χ1n) is 7.54. The lowest BCUT2D eigenvalue weighted by molar-refractivity contribution is -0.114. The number of benzene rings is 2. The Labute approximate surface area is 146 Å². The van der Waals surface area contributed by atoms with Crippen LogP contribution in [0.3, 0.4) is 0 Å². The van der Waals surface area contributed by atoms with Crippen molar-refractivity contribution in [3.63, 3.8) is 0 Å². The molecule has 2 aromatic carbocycles. The van der Waals surface area contributed by atoms with Crippen LogP contribution in [-0.4, -0.2) is 37.4 Å². The lowest BCUT2D eigenvalue weighted by atomic mass is 10.2. The zero-order valence-corrected chi connectivity index (χ0v) is 14.6. The van der Waals surface area contributed by atoms with Gasteiger partial charge in [0.2, 0.25) is 11.8 Å². The fourth-order valence-electron chi connectivity index (χ4n) is 1.99. The van der Waals surface area contributed by atoms with E-state index in [1.54, 1.807) is 0 Å². The lowest BCUT2D eigenvalue weighted by Gasteiger charge is -2.13. The summed E-state index contributed by atoms with van der Waals surface area (Å²) in [5.41, 5.74) is 2.58. The van der Waals surface area contributed by atoms with E-state index < -0.39 is 0 Å². The average Bonchev–Trinajstić information content (AvgIpc) is 2.56. The van der Waals surface area contributed by atoms with Crippen LogP contribution in [0.5, 0.6) is 0 Å². The third-order valence-electron chi connectivity index (χ3n) is 3.19. The summed E-state index contributed by atoms with van der Waals surface area (Å²) in [4.78, 5) is 25.7. The minimum absolute atomic E-state index is 0.116. The number of nitrogens with one attached hydrogen (secondary N) is 2. The van der Waals surface area contributed by atoms with E-state index in [1.165, 1.54) is 11.8 Å². The molecule has 0 saturated carbocycles. The molecule has 126 valence electrons. The minimum Gasteiger partial charge on any atom is -0.378 e. The summed E-state index contributed by atoms with van der Waals surface area (Å²) in [6.07, 6.45) is 0. The summed E-state index contributed by atoms with van der Waals surface area (Å²) in [5.74, 6) is 0.235. The Morgan fingerprint density at radius 1 is 0.833 bits per heavy atom. The van der Waals surface area contributed by atoms with Crippen LogP contribution in [0.2, 0.25) is 0 Å². The number of rotatable bonds is 7. The molecule has 0 aromatic heterocycles. The molecule has 2 N–H and O–H groups in total. The molecule has 0 heterocycles. The summed E-state index contributed by atoms with van der Waals surface area (Å²) in [7, 11) is 3.93. The average molecular weight is 343 g/mol. The van der Waals surface area contributed by atoms with Crippen LogP contribution in [-0.2, 0) is 9.59 Å². The molecule has 24 heavy (non-hydrogen) atoms. The van der Waals surface area contributed by atoms with Gasteiger partial charge in [0.1, 0.15) is 0 Å². The minimum atomic E-state index is -0.120. The van der Waals surface area contributed by atoms with Gasteiger partial charge in [0.25, 0.3) is 0 Å². The molecular formula is C18H21N3O2S. The number of thioether (sulfide) groups is 1. The van der Waals surface area contributed by atoms with Crippen LogP contribution >= 0.6 is 11.8 Å². The molecule has 6 heteroatoms. The van der Waals surface area contributed by atoms with E-state index in [0.29, 0.717) is 0 Å². The Hall–Kier alpha value is -2.47. The van der Waals surface area contributed by atoms with Crippen molar-refractivity contribution >= 4 is 40.6 Å². The van der Waals surface area contributed by atoms with Gasteiger partial charge in [-0.15, -0.1) is 11.8 Å². The largest absolute Gasteiger partial charge is 0.378 e. The van der Waals surface area contributed by atoms with Crippen molar-refractivity contribution in [2.75, 3.05) is 41.1 Å². The van der Waals surface area contributed by atoms with Crippen molar-refractivity contribution in [3.05, 3.63) is 54.6 Å². The first-order valence-corrected chi connectivity index (χ1v) is 8.70. The summed E-state index contributed by atoms with van der Waals surface area (Å²) in [5, 5.41) is 5.61. The quantitative estimate of drug-likeness (QED) is 0.811. The number of hydrogen-bond donors (Lipinski definition) is 2. The van der Waals surface area contributed by atoms with Gasteiger partial charge in [0.15, 0.2) is 0 Å². The van der Waals surface area contributed by atoms with E-state index in [1.807, 2.05) is 73.6 Å². The molecule has 0 aliphatic heterocycles. The van der Waals surface area contributed by atoms with Gasteiger partial charge < -0.3 is 15.5 Å². The first-order chi connectivity index (χ1) is 11.5. The van der Waals surface area contributed by atoms with Gasteiger partial charge >= 0.3 is 0 Å². The van der Waals surface area contributed by atoms with E-state index in [9.17, 15) is 9.59 Å². The van der Waals surface area contributed by atoms with E-state index in [2.05, 4.69) is 10.6 Å². The third kappa shape index (κ3) is 5.96. The topological polar surface area (TPSA) is 61.4 Å². The highest BCUT2D eigenvalue weighted by Gasteiger charge is 2.07. The highest BCUT2D eigenvalue weighted by atomic mass is 32.2. The van der Waals surface area contributed by atoms with E-state index in [0.717, 1.165) is 17.1 Å². The number of carbonyl (C=O) groups is 2. The van der Waals surface area contributed by atoms with Crippen molar-refractivity contribution in [3.8, 4) is 0 Å². The van der Waals surface area contributed by atoms with Gasteiger partial charge in [0, 0.05) is 31.2 Å². The van der Waals surface area contributed by atoms with Crippen LogP contribution in [0.15, 0.2) is 54.6 Å². The van der Waals surface area contributed by atoms with Crippen molar-refractivity contribution in [1.82, 2.24) is 0 Å². The molecule has 0 spiro atoms. The maximum absolute atomic E-state index is 11.9. The molecule has 2 rings (SSSR count). The number of amides is 2. The molecule has 0 aliphatic carbocycles. The predicted octanol–water partition coefficient (Wildman–Crippen LogP) is 3.06. The Morgan fingerprint density at radius 3 is 1.83 bits per heavy atom. The normalized spacial score (nSPS) is 10.1. The fraction of sp³-hybridized carbons (Fsp3) is 0.222. The maximum Gasteiger partial charge on any atom is 0.234 e. The Morgan fingerprint density at radius 2 is 1.33 bits per heavy atom. The highest BCUT2D eigenvalue weighted by Crippen LogP contribution is 2.16. The van der Waals surface area contributed by atoms with Crippen LogP contribution in [0.25, 0.3) is 0 Å². The monoisotopic (exact) mass is 343 g/mol. The van der Waals surface area contributed by atoms with Crippen LogP contribution in [0.4, 0.5) is 17.1 Å². The maximum atomic E-state index is 11.9. The molecule has 0 saturated heterocycles. The number of hydrogen-bond acceptors (Lipinski definition) is 4.